The van der Waals surface area contributed by atoms with Gasteiger partial charge in [0.2, 0.25) is 0 Å². The molecule has 2 nitrogen and oxygen atoms in total. The zero-order valence-corrected chi connectivity index (χ0v) is 14.3. The molecule has 1 aromatic carbocycles. The number of nitrogens with one attached hydrogen (secondary N) is 1. The highest BCUT2D eigenvalue weighted by molar-refractivity contribution is 8.01. The first kappa shape index (κ1) is 14.8. The number of ether oxygens (including phenoxy) is 1. The number of thioether (sulfide) groups is 1. The molecule has 2 atom stereocenters. The van der Waals surface area contributed by atoms with Crippen molar-refractivity contribution in [2.24, 2.45) is 0 Å². The molecule has 1 aliphatic heterocycles. The Bertz CT molecular complexity index is 591. The van der Waals surface area contributed by atoms with Gasteiger partial charge in [-0.05, 0) is 61.5 Å². The quantitative estimate of drug-likeness (QED) is 0.795. The van der Waals surface area contributed by atoms with Gasteiger partial charge in [-0.1, -0.05) is 6.92 Å². The zero-order chi connectivity index (χ0) is 14.8. The van der Waals surface area contributed by atoms with Crippen LogP contribution in [0.3, 0.4) is 0 Å². The van der Waals surface area contributed by atoms with E-state index in [1.165, 1.54) is 16.2 Å². The Labute approximate surface area is 134 Å². The molecule has 112 valence electrons. The van der Waals surface area contributed by atoms with Crippen LogP contribution in [0.15, 0.2) is 39.9 Å². The lowest BCUT2D eigenvalue weighted by atomic mass is 10.0. The molecule has 0 radical (unpaired) electrons. The van der Waals surface area contributed by atoms with Crippen LogP contribution in [-0.4, -0.2) is 11.4 Å². The van der Waals surface area contributed by atoms with Crippen LogP contribution in [0.1, 0.15) is 38.8 Å². The number of thiophene rings is 1. The van der Waals surface area contributed by atoms with Gasteiger partial charge in [0.25, 0.3) is 0 Å². The Hall–Kier alpha value is -1.13. The summed E-state index contributed by atoms with van der Waals surface area (Å²) in [4.78, 5) is 0. The van der Waals surface area contributed by atoms with Gasteiger partial charge in [0.15, 0.2) is 0 Å². The molecule has 0 bridgehead atoms. The summed E-state index contributed by atoms with van der Waals surface area (Å²) in [6.07, 6.45) is 1.38. The largest absolute Gasteiger partial charge is 0.491 e. The molecule has 21 heavy (non-hydrogen) atoms. The molecule has 1 N–H and O–H groups in total. The predicted octanol–water partition coefficient (Wildman–Crippen LogP) is 5.57. The van der Waals surface area contributed by atoms with Crippen LogP contribution in [0.25, 0.3) is 0 Å². The molecule has 0 saturated heterocycles. The summed E-state index contributed by atoms with van der Waals surface area (Å²) in [5, 5.41) is 6.53. The van der Waals surface area contributed by atoms with E-state index in [-0.39, 0.29) is 6.10 Å². The number of hydrogen-bond donors (Lipinski definition) is 1. The molecule has 1 unspecified atom stereocenters. The van der Waals surface area contributed by atoms with Crippen LogP contribution in [0.2, 0.25) is 0 Å². The second kappa shape index (κ2) is 6.32. The monoisotopic (exact) mass is 319 g/mol. The minimum atomic E-state index is 0.216. The van der Waals surface area contributed by atoms with Crippen molar-refractivity contribution in [3.05, 3.63) is 41.3 Å². The van der Waals surface area contributed by atoms with E-state index in [1.807, 2.05) is 49.1 Å². The summed E-state index contributed by atoms with van der Waals surface area (Å²) in [5.74, 6) is 0.930. The van der Waals surface area contributed by atoms with Gasteiger partial charge in [0, 0.05) is 10.9 Å². The molecule has 0 spiro atoms. The molecular weight excluding hydrogens is 298 g/mol. The molecular formula is C17H21NOS2. The van der Waals surface area contributed by atoms with Gasteiger partial charge < -0.3 is 10.1 Å². The topological polar surface area (TPSA) is 21.3 Å². The maximum atomic E-state index is 5.69. The van der Waals surface area contributed by atoms with Crippen molar-refractivity contribution in [2.45, 2.75) is 48.8 Å². The molecule has 0 fully saturated rings. The fourth-order valence-electron chi connectivity index (χ4n) is 2.59. The zero-order valence-electron chi connectivity index (χ0n) is 12.6. The van der Waals surface area contributed by atoms with Crippen molar-refractivity contribution >= 4 is 28.8 Å². The minimum absolute atomic E-state index is 0.216. The van der Waals surface area contributed by atoms with E-state index in [9.17, 15) is 0 Å². The normalized spacial score (nSPS) is 21.1. The van der Waals surface area contributed by atoms with Crippen LogP contribution >= 0.6 is 23.1 Å². The Balaban J connectivity index is 1.72. The van der Waals surface area contributed by atoms with Gasteiger partial charge in [0.1, 0.15) is 5.75 Å². The smallest absolute Gasteiger partial charge is 0.119 e. The third-order valence-electron chi connectivity index (χ3n) is 3.48. The van der Waals surface area contributed by atoms with E-state index in [0.29, 0.717) is 11.3 Å². The minimum Gasteiger partial charge on any atom is -0.491 e. The highest BCUT2D eigenvalue weighted by Crippen LogP contribution is 2.44. The number of anilines is 1. The Morgan fingerprint density at radius 3 is 2.67 bits per heavy atom. The summed E-state index contributed by atoms with van der Waals surface area (Å²) < 4.78 is 7.15. The molecule has 0 aliphatic carbocycles. The van der Waals surface area contributed by atoms with E-state index >= 15 is 0 Å². The van der Waals surface area contributed by atoms with Crippen molar-refractivity contribution < 1.29 is 4.74 Å². The van der Waals surface area contributed by atoms with Crippen molar-refractivity contribution in [3.63, 3.8) is 0 Å². The van der Waals surface area contributed by atoms with Crippen LogP contribution in [0.4, 0.5) is 5.69 Å². The lowest BCUT2D eigenvalue weighted by Crippen LogP contribution is -2.18. The van der Waals surface area contributed by atoms with Crippen molar-refractivity contribution in [3.8, 4) is 5.75 Å². The van der Waals surface area contributed by atoms with E-state index in [0.717, 1.165) is 11.4 Å². The third-order valence-corrected chi connectivity index (χ3v) is 5.82. The van der Waals surface area contributed by atoms with Crippen LogP contribution in [0.5, 0.6) is 5.75 Å². The predicted molar refractivity (Wildman–Crippen MR) is 92.8 cm³/mol. The van der Waals surface area contributed by atoms with E-state index in [4.69, 9.17) is 4.74 Å². The lowest BCUT2D eigenvalue weighted by molar-refractivity contribution is 0.242. The molecule has 4 heteroatoms. The fraction of sp³-hybridized carbons (Fsp3) is 0.412. The van der Waals surface area contributed by atoms with Crippen molar-refractivity contribution in [1.82, 2.24) is 0 Å². The average molecular weight is 319 g/mol. The van der Waals surface area contributed by atoms with Gasteiger partial charge in [-0.15, -0.1) is 23.1 Å². The standard InChI is InChI=1S/C17H21NOS2/c1-11(2)19-14-6-4-13(5-7-14)18-16-10-12(3)21-17-15(16)8-9-20-17/h4-9,11-12,16,18H,10H2,1-3H3/t12-,16?/m0/s1. The summed E-state index contributed by atoms with van der Waals surface area (Å²) in [6, 6.07) is 11.0. The molecule has 2 heterocycles. The number of fused-ring (bicyclic) bond motifs is 1. The average Bonchev–Trinajstić information content (AvgIpc) is 2.88. The highest BCUT2D eigenvalue weighted by atomic mass is 32.2. The summed E-state index contributed by atoms with van der Waals surface area (Å²) >= 11 is 3.86. The first-order chi connectivity index (χ1) is 10.1. The van der Waals surface area contributed by atoms with Crippen LogP contribution in [-0.2, 0) is 0 Å². The number of benzene rings is 1. The maximum Gasteiger partial charge on any atom is 0.119 e. The Morgan fingerprint density at radius 2 is 1.95 bits per heavy atom. The number of rotatable bonds is 4. The van der Waals surface area contributed by atoms with E-state index in [1.54, 1.807) is 0 Å². The first-order valence-electron chi connectivity index (χ1n) is 7.39. The first-order valence-corrected chi connectivity index (χ1v) is 9.15. The molecule has 2 aromatic rings. The fourth-order valence-corrected chi connectivity index (χ4v) is 5.16. The number of hydrogen-bond acceptors (Lipinski definition) is 4. The van der Waals surface area contributed by atoms with Gasteiger partial charge in [-0.3, -0.25) is 0 Å². The van der Waals surface area contributed by atoms with Gasteiger partial charge in [-0.2, -0.15) is 0 Å². The summed E-state index contributed by atoms with van der Waals surface area (Å²) in [5.41, 5.74) is 2.61. The second-order valence-electron chi connectivity index (χ2n) is 5.72. The molecule has 0 saturated carbocycles. The highest BCUT2D eigenvalue weighted by Gasteiger charge is 2.26. The second-order valence-corrected chi connectivity index (χ2v) is 8.34. The maximum absolute atomic E-state index is 5.69. The van der Waals surface area contributed by atoms with Crippen molar-refractivity contribution in [2.75, 3.05) is 5.32 Å². The van der Waals surface area contributed by atoms with Gasteiger partial charge >= 0.3 is 0 Å². The van der Waals surface area contributed by atoms with Crippen molar-refractivity contribution in [1.29, 1.82) is 0 Å². The van der Waals surface area contributed by atoms with Crippen LogP contribution in [0, 0.1) is 0 Å². The summed E-state index contributed by atoms with van der Waals surface area (Å²) in [7, 11) is 0. The SMILES string of the molecule is CC(C)Oc1ccc(NC2C[C@H](C)Sc3sccc32)cc1. The summed E-state index contributed by atoms with van der Waals surface area (Å²) in [6.45, 7) is 6.40. The molecule has 1 aliphatic rings. The van der Waals surface area contributed by atoms with Gasteiger partial charge in [-0.25, -0.2) is 0 Å². The molecule has 0 amide bonds. The molecule has 1 aromatic heterocycles. The third kappa shape index (κ3) is 3.55. The Morgan fingerprint density at radius 1 is 1.19 bits per heavy atom. The molecule has 3 rings (SSSR count). The van der Waals surface area contributed by atoms with Gasteiger partial charge in [0.05, 0.1) is 16.4 Å². The van der Waals surface area contributed by atoms with Crippen LogP contribution < -0.4 is 10.1 Å². The Kier molecular flexibility index (Phi) is 4.45. The van der Waals surface area contributed by atoms with E-state index in [2.05, 4.69) is 35.8 Å². The van der Waals surface area contributed by atoms with E-state index < -0.39 is 0 Å². The lowest BCUT2D eigenvalue weighted by Gasteiger charge is -2.28.